The Morgan fingerprint density at radius 3 is 2.93 bits per heavy atom. The van der Waals surface area contributed by atoms with Crippen molar-refractivity contribution in [1.29, 1.82) is 5.26 Å². The minimum Gasteiger partial charge on any atom is -0.463 e. The molecule has 0 unspecified atom stereocenters. The lowest BCUT2D eigenvalue weighted by Crippen LogP contribution is -2.11. The van der Waals surface area contributed by atoms with Crippen LogP contribution in [0.25, 0.3) is 0 Å². The van der Waals surface area contributed by atoms with Crippen LogP contribution in [0.3, 0.4) is 0 Å². The fourth-order valence-corrected chi connectivity index (χ4v) is 1.43. The largest absolute Gasteiger partial charge is 0.463 e. The molecule has 0 heterocycles. The molecule has 14 heavy (non-hydrogen) atoms. The van der Waals surface area contributed by atoms with Gasteiger partial charge < -0.3 is 9.47 Å². The Labute approximate surface area is 88.6 Å². The number of esters is 1. The van der Waals surface area contributed by atoms with Crippen molar-refractivity contribution < 1.29 is 14.3 Å². The van der Waals surface area contributed by atoms with Crippen LogP contribution in [0, 0.1) is 11.3 Å². The number of hydrogen-bond acceptors (Lipinski definition) is 5. The molecule has 0 atom stereocenters. The molecule has 0 radical (unpaired) electrons. The van der Waals surface area contributed by atoms with Crippen molar-refractivity contribution in [3.63, 3.8) is 0 Å². The van der Waals surface area contributed by atoms with Crippen LogP contribution in [0.1, 0.15) is 12.8 Å². The van der Waals surface area contributed by atoms with Gasteiger partial charge in [0.25, 0.3) is 0 Å². The summed E-state index contributed by atoms with van der Waals surface area (Å²) >= 11 is 1.49. The van der Waals surface area contributed by atoms with Crippen molar-refractivity contribution in [1.82, 2.24) is 0 Å². The number of ether oxygens (including phenoxy) is 2. The quantitative estimate of drug-likeness (QED) is 0.452. The van der Waals surface area contributed by atoms with E-state index in [1.54, 1.807) is 7.11 Å². The molecular formula is C9H15NO3S. The van der Waals surface area contributed by atoms with E-state index < -0.39 is 0 Å². The molecule has 0 bridgehead atoms. The average molecular weight is 217 g/mol. The van der Waals surface area contributed by atoms with Crippen molar-refractivity contribution in [3.8, 4) is 6.07 Å². The summed E-state index contributed by atoms with van der Waals surface area (Å²) in [6.07, 6.45) is 1.37. The van der Waals surface area contributed by atoms with Crippen LogP contribution in [-0.2, 0) is 14.3 Å². The van der Waals surface area contributed by atoms with Crippen LogP contribution >= 0.6 is 11.8 Å². The molecule has 4 nitrogen and oxygen atoms in total. The van der Waals surface area contributed by atoms with E-state index in [0.29, 0.717) is 25.4 Å². The summed E-state index contributed by atoms with van der Waals surface area (Å²) in [5, 5.41) is 8.25. The van der Waals surface area contributed by atoms with Crippen molar-refractivity contribution in [3.05, 3.63) is 0 Å². The Kier molecular flexibility index (Phi) is 9.81. The summed E-state index contributed by atoms with van der Waals surface area (Å²) in [7, 11) is 1.56. The maximum atomic E-state index is 11.0. The number of methoxy groups -OCH3 is 1. The zero-order chi connectivity index (χ0) is 10.6. The van der Waals surface area contributed by atoms with Gasteiger partial charge in [0, 0.05) is 13.5 Å². The molecule has 0 saturated heterocycles. The average Bonchev–Trinajstić information content (AvgIpc) is 2.18. The highest BCUT2D eigenvalue weighted by atomic mass is 32.2. The minimum absolute atomic E-state index is 0.219. The van der Waals surface area contributed by atoms with Gasteiger partial charge in [0.1, 0.15) is 6.61 Å². The lowest BCUT2D eigenvalue weighted by molar-refractivity contribution is -0.141. The van der Waals surface area contributed by atoms with Crippen molar-refractivity contribution >= 4 is 17.7 Å². The second-order valence-electron chi connectivity index (χ2n) is 2.53. The predicted octanol–water partition coefficient (Wildman–Crippen LogP) is 1.21. The van der Waals surface area contributed by atoms with E-state index >= 15 is 0 Å². The molecule has 0 rings (SSSR count). The molecule has 0 aliphatic heterocycles. The molecule has 0 aliphatic carbocycles. The molecule has 0 fully saturated rings. The van der Waals surface area contributed by atoms with E-state index in [-0.39, 0.29) is 5.97 Å². The number of nitriles is 1. The Morgan fingerprint density at radius 2 is 2.29 bits per heavy atom. The summed E-state index contributed by atoms with van der Waals surface area (Å²) in [5.74, 6) is 0.964. The number of nitrogens with zero attached hydrogens (tertiary/aromatic N) is 1. The Hall–Kier alpha value is -0.730. The van der Waals surface area contributed by atoms with Gasteiger partial charge in [-0.2, -0.15) is 17.0 Å². The van der Waals surface area contributed by atoms with Gasteiger partial charge in [-0.25, -0.2) is 0 Å². The van der Waals surface area contributed by atoms with Crippen LogP contribution in [0.15, 0.2) is 0 Å². The second kappa shape index (κ2) is 10.4. The van der Waals surface area contributed by atoms with Gasteiger partial charge in [-0.1, -0.05) is 0 Å². The van der Waals surface area contributed by atoms with E-state index in [1.165, 1.54) is 11.8 Å². The van der Waals surface area contributed by atoms with E-state index in [0.717, 1.165) is 12.2 Å². The van der Waals surface area contributed by atoms with E-state index in [2.05, 4.69) is 6.07 Å². The van der Waals surface area contributed by atoms with Crippen LogP contribution in [0.5, 0.6) is 0 Å². The molecule has 0 saturated carbocycles. The first-order valence-corrected chi connectivity index (χ1v) is 5.56. The molecule has 0 aromatic carbocycles. The van der Waals surface area contributed by atoms with Gasteiger partial charge >= 0.3 is 5.97 Å². The second-order valence-corrected chi connectivity index (χ2v) is 3.63. The van der Waals surface area contributed by atoms with Crippen molar-refractivity contribution in [2.45, 2.75) is 12.8 Å². The topological polar surface area (TPSA) is 59.3 Å². The van der Waals surface area contributed by atoms with Gasteiger partial charge in [0.2, 0.25) is 0 Å². The molecule has 80 valence electrons. The van der Waals surface area contributed by atoms with Gasteiger partial charge in [-0.05, 0) is 12.2 Å². The minimum atomic E-state index is -0.219. The fourth-order valence-electron chi connectivity index (χ4n) is 0.689. The molecule has 0 spiro atoms. The van der Waals surface area contributed by atoms with Crippen LogP contribution < -0.4 is 0 Å². The van der Waals surface area contributed by atoms with Crippen LogP contribution in [0.4, 0.5) is 0 Å². The third-order valence-electron chi connectivity index (χ3n) is 1.35. The summed E-state index contributed by atoms with van der Waals surface area (Å²) in [4.78, 5) is 11.0. The maximum Gasteiger partial charge on any atom is 0.315 e. The van der Waals surface area contributed by atoms with Gasteiger partial charge in [0.15, 0.2) is 0 Å². The molecule has 5 heteroatoms. The van der Waals surface area contributed by atoms with E-state index in [1.807, 2.05) is 0 Å². The molecular weight excluding hydrogens is 202 g/mol. The van der Waals surface area contributed by atoms with Crippen molar-refractivity contribution in [2.75, 3.05) is 31.8 Å². The number of thioether (sulfide) groups is 1. The zero-order valence-corrected chi connectivity index (χ0v) is 9.14. The standard InChI is InChI=1S/C9H15NO3S/c1-12-5-6-13-9(11)8-14-7-3-2-4-10/h2-3,5-8H2,1H3. The van der Waals surface area contributed by atoms with Crippen LogP contribution in [0.2, 0.25) is 0 Å². The summed E-state index contributed by atoms with van der Waals surface area (Å²) in [6.45, 7) is 0.749. The fraction of sp³-hybridized carbons (Fsp3) is 0.778. The highest BCUT2D eigenvalue weighted by Gasteiger charge is 2.01. The summed E-state index contributed by atoms with van der Waals surface area (Å²) in [5.41, 5.74) is 0. The smallest absolute Gasteiger partial charge is 0.315 e. The number of rotatable bonds is 8. The SMILES string of the molecule is COCCOC(=O)CSCCCC#N. The molecule has 0 aliphatic rings. The Morgan fingerprint density at radius 1 is 1.50 bits per heavy atom. The molecule has 0 N–H and O–H groups in total. The molecule has 0 amide bonds. The monoisotopic (exact) mass is 217 g/mol. The first-order chi connectivity index (χ1) is 6.81. The maximum absolute atomic E-state index is 11.0. The van der Waals surface area contributed by atoms with Crippen molar-refractivity contribution in [2.24, 2.45) is 0 Å². The first kappa shape index (κ1) is 13.3. The van der Waals surface area contributed by atoms with E-state index in [4.69, 9.17) is 14.7 Å². The van der Waals surface area contributed by atoms with Gasteiger partial charge in [-0.3, -0.25) is 4.79 Å². The highest BCUT2D eigenvalue weighted by molar-refractivity contribution is 7.99. The normalized spacial score (nSPS) is 9.43. The van der Waals surface area contributed by atoms with Gasteiger partial charge in [-0.15, -0.1) is 0 Å². The number of unbranched alkanes of at least 4 members (excludes halogenated alkanes) is 1. The third-order valence-corrected chi connectivity index (χ3v) is 2.36. The summed E-state index contributed by atoms with van der Waals surface area (Å²) < 4.78 is 9.57. The number of carbonyl (C=O) groups excluding carboxylic acids is 1. The lowest BCUT2D eigenvalue weighted by Gasteiger charge is -2.02. The Bertz CT molecular complexity index is 191. The molecule has 0 aromatic rings. The van der Waals surface area contributed by atoms with Crippen LogP contribution in [-0.4, -0.2) is 37.8 Å². The first-order valence-electron chi connectivity index (χ1n) is 4.40. The third kappa shape index (κ3) is 9.36. The predicted molar refractivity (Wildman–Crippen MR) is 55.0 cm³/mol. The lowest BCUT2D eigenvalue weighted by atomic mass is 10.4. The number of carbonyl (C=O) groups is 1. The molecule has 0 aromatic heterocycles. The van der Waals surface area contributed by atoms with E-state index in [9.17, 15) is 4.79 Å². The summed E-state index contributed by atoms with van der Waals surface area (Å²) in [6, 6.07) is 2.05. The Balaban J connectivity index is 3.15. The zero-order valence-electron chi connectivity index (χ0n) is 8.32. The highest BCUT2D eigenvalue weighted by Crippen LogP contribution is 2.04. The number of hydrogen-bond donors (Lipinski definition) is 0. The van der Waals surface area contributed by atoms with Gasteiger partial charge in [0.05, 0.1) is 18.4 Å².